The summed E-state index contributed by atoms with van der Waals surface area (Å²) in [5.74, 6) is 0.170. The molecule has 14 heavy (non-hydrogen) atoms. The van der Waals surface area contributed by atoms with E-state index in [2.05, 4.69) is 17.6 Å². The Balaban J connectivity index is 2.82. The smallest absolute Gasteiger partial charge is 0.176 e. The maximum atomic E-state index is 13.0. The van der Waals surface area contributed by atoms with Crippen LogP contribution in [0.3, 0.4) is 0 Å². The predicted molar refractivity (Wildman–Crippen MR) is 56.4 cm³/mol. The summed E-state index contributed by atoms with van der Waals surface area (Å²) in [7, 11) is 0. The molecule has 0 saturated heterocycles. The zero-order valence-electron chi connectivity index (χ0n) is 7.44. The van der Waals surface area contributed by atoms with E-state index in [0.29, 0.717) is 5.56 Å². The number of hydrogen-bond acceptors (Lipinski definition) is 3. The average molecular weight is 208 g/mol. The highest BCUT2D eigenvalue weighted by Gasteiger charge is 2.01. The molecule has 1 aromatic heterocycles. The van der Waals surface area contributed by atoms with Crippen LogP contribution in [-0.4, -0.2) is 10.7 Å². The molecule has 0 saturated carbocycles. The lowest BCUT2D eigenvalue weighted by molar-refractivity contribution is 0.616. The monoisotopic (exact) mass is 208 g/mol. The Morgan fingerprint density at radius 2 is 2.43 bits per heavy atom. The van der Waals surface area contributed by atoms with E-state index in [0.717, 1.165) is 12.2 Å². The fraction of sp³-hybridized carbons (Fsp3) is 0.200. The van der Waals surface area contributed by atoms with Gasteiger partial charge in [-0.25, -0.2) is 9.37 Å². The molecular formula is C10H9FN2S. The second-order valence-corrected chi connectivity index (χ2v) is 3.07. The number of aromatic nitrogens is 1. The van der Waals surface area contributed by atoms with Crippen LogP contribution in [0.1, 0.15) is 17.7 Å². The average Bonchev–Trinajstić information content (AvgIpc) is 2.18. The Morgan fingerprint density at radius 3 is 3.00 bits per heavy atom. The molecule has 0 amide bonds. The van der Waals surface area contributed by atoms with Gasteiger partial charge < -0.3 is 0 Å². The van der Waals surface area contributed by atoms with E-state index in [1.165, 1.54) is 12.3 Å². The van der Waals surface area contributed by atoms with Crippen molar-refractivity contribution in [2.45, 2.75) is 6.42 Å². The minimum atomic E-state index is -0.583. The fourth-order valence-corrected chi connectivity index (χ4v) is 1.07. The molecule has 0 fully saturated rings. The molecule has 0 bridgehead atoms. The van der Waals surface area contributed by atoms with Gasteiger partial charge >= 0.3 is 0 Å². The summed E-state index contributed by atoms with van der Waals surface area (Å²) in [5.41, 5.74) is 0.486. The molecule has 0 aromatic carbocycles. The molecule has 0 N–H and O–H groups in total. The second-order valence-electron chi connectivity index (χ2n) is 2.63. The molecule has 0 radical (unpaired) electrons. The van der Waals surface area contributed by atoms with Crippen molar-refractivity contribution in [3.63, 3.8) is 0 Å². The molecule has 1 aromatic rings. The molecule has 0 spiro atoms. The first kappa shape index (κ1) is 10.7. The number of hydrogen-bond donors (Lipinski definition) is 1. The van der Waals surface area contributed by atoms with E-state index in [1.807, 2.05) is 6.08 Å². The van der Waals surface area contributed by atoms with Crippen LogP contribution in [0.2, 0.25) is 0 Å². The van der Waals surface area contributed by atoms with E-state index in [4.69, 9.17) is 5.26 Å². The number of allylic oxidation sites excluding steroid dienone is 1. The van der Waals surface area contributed by atoms with Crippen LogP contribution in [0.15, 0.2) is 18.3 Å². The number of thiol groups is 1. The molecule has 72 valence electrons. The number of rotatable bonds is 3. The van der Waals surface area contributed by atoms with Crippen LogP contribution >= 0.6 is 12.6 Å². The first-order valence-corrected chi connectivity index (χ1v) is 4.74. The summed E-state index contributed by atoms with van der Waals surface area (Å²) in [4.78, 5) is 3.67. The summed E-state index contributed by atoms with van der Waals surface area (Å²) in [6.45, 7) is 0. The first-order chi connectivity index (χ1) is 6.77. The third-order valence-electron chi connectivity index (χ3n) is 1.57. The van der Waals surface area contributed by atoms with Crippen molar-refractivity contribution in [3.8, 4) is 6.07 Å². The summed E-state index contributed by atoms with van der Waals surface area (Å²) in [6, 6.07) is 2.96. The van der Waals surface area contributed by atoms with Crippen LogP contribution in [-0.2, 0) is 0 Å². The topological polar surface area (TPSA) is 36.7 Å². The van der Waals surface area contributed by atoms with Crippen LogP contribution in [0.4, 0.5) is 4.39 Å². The van der Waals surface area contributed by atoms with Gasteiger partial charge in [-0.1, -0.05) is 12.2 Å². The first-order valence-electron chi connectivity index (χ1n) is 4.11. The van der Waals surface area contributed by atoms with Crippen LogP contribution in [0.5, 0.6) is 0 Å². The molecule has 1 rings (SSSR count). The van der Waals surface area contributed by atoms with Crippen molar-refractivity contribution < 1.29 is 4.39 Å². The van der Waals surface area contributed by atoms with Gasteiger partial charge in [0.15, 0.2) is 11.5 Å². The highest BCUT2D eigenvalue weighted by molar-refractivity contribution is 7.80. The Kier molecular flexibility index (Phi) is 4.14. The summed E-state index contributed by atoms with van der Waals surface area (Å²) in [6.07, 6.45) is 5.93. The quantitative estimate of drug-likeness (QED) is 0.774. The van der Waals surface area contributed by atoms with Gasteiger partial charge in [0.2, 0.25) is 0 Å². The fourth-order valence-electron chi connectivity index (χ4n) is 0.920. The predicted octanol–water partition coefficient (Wildman–Crippen LogP) is 2.43. The molecule has 0 aliphatic carbocycles. The maximum absolute atomic E-state index is 13.0. The van der Waals surface area contributed by atoms with E-state index in [1.54, 1.807) is 12.1 Å². The van der Waals surface area contributed by atoms with Gasteiger partial charge in [0, 0.05) is 6.20 Å². The van der Waals surface area contributed by atoms with E-state index in [-0.39, 0.29) is 5.69 Å². The second kappa shape index (κ2) is 5.40. The maximum Gasteiger partial charge on any atom is 0.176 e. The molecule has 0 aliphatic heterocycles. The minimum absolute atomic E-state index is 0.170. The van der Waals surface area contributed by atoms with E-state index in [9.17, 15) is 4.39 Å². The third-order valence-corrected chi connectivity index (χ3v) is 1.83. The zero-order valence-corrected chi connectivity index (χ0v) is 8.34. The minimum Gasteiger partial charge on any atom is -0.242 e. The Morgan fingerprint density at radius 1 is 1.64 bits per heavy atom. The van der Waals surface area contributed by atoms with Gasteiger partial charge in [0.25, 0.3) is 0 Å². The molecule has 0 aliphatic rings. The van der Waals surface area contributed by atoms with Crippen LogP contribution in [0, 0.1) is 17.1 Å². The SMILES string of the molecule is N#Cc1ncc(C=CCCS)cc1F. The van der Waals surface area contributed by atoms with Crippen molar-refractivity contribution in [1.82, 2.24) is 4.98 Å². The molecule has 0 atom stereocenters. The van der Waals surface area contributed by atoms with Crippen molar-refractivity contribution in [2.75, 3.05) is 5.75 Å². The number of nitriles is 1. The normalized spacial score (nSPS) is 10.4. The van der Waals surface area contributed by atoms with E-state index >= 15 is 0 Å². The van der Waals surface area contributed by atoms with Crippen LogP contribution < -0.4 is 0 Å². The Labute approximate surface area is 87.5 Å². The van der Waals surface area contributed by atoms with E-state index < -0.39 is 5.82 Å². The van der Waals surface area contributed by atoms with Crippen molar-refractivity contribution in [3.05, 3.63) is 35.4 Å². The van der Waals surface area contributed by atoms with Crippen LogP contribution in [0.25, 0.3) is 6.08 Å². The highest BCUT2D eigenvalue weighted by Crippen LogP contribution is 2.08. The lowest BCUT2D eigenvalue weighted by Gasteiger charge is -1.94. The summed E-state index contributed by atoms with van der Waals surface area (Å²) in [5, 5.41) is 8.44. The van der Waals surface area contributed by atoms with Gasteiger partial charge in [0.05, 0.1) is 0 Å². The molecular weight excluding hydrogens is 199 g/mol. The van der Waals surface area contributed by atoms with Gasteiger partial charge in [-0.3, -0.25) is 0 Å². The van der Waals surface area contributed by atoms with Gasteiger partial charge in [-0.05, 0) is 23.8 Å². The van der Waals surface area contributed by atoms with Gasteiger partial charge in [-0.2, -0.15) is 17.9 Å². The highest BCUT2D eigenvalue weighted by atomic mass is 32.1. The molecule has 4 heteroatoms. The van der Waals surface area contributed by atoms with Gasteiger partial charge in [0.1, 0.15) is 6.07 Å². The molecule has 1 heterocycles. The largest absolute Gasteiger partial charge is 0.242 e. The lowest BCUT2D eigenvalue weighted by Crippen LogP contribution is -1.89. The Bertz CT molecular complexity index is 382. The van der Waals surface area contributed by atoms with Gasteiger partial charge in [-0.15, -0.1) is 0 Å². The number of nitrogens with zero attached hydrogens (tertiary/aromatic N) is 2. The third kappa shape index (κ3) is 2.86. The summed E-state index contributed by atoms with van der Waals surface area (Å²) < 4.78 is 13.0. The zero-order chi connectivity index (χ0) is 10.4. The van der Waals surface area contributed by atoms with Crippen molar-refractivity contribution >= 4 is 18.7 Å². The Hall–Kier alpha value is -1.34. The number of pyridine rings is 1. The van der Waals surface area contributed by atoms with Crippen molar-refractivity contribution in [1.29, 1.82) is 5.26 Å². The molecule has 0 unspecified atom stereocenters. The van der Waals surface area contributed by atoms with Crippen molar-refractivity contribution in [2.24, 2.45) is 0 Å². The lowest BCUT2D eigenvalue weighted by atomic mass is 10.2. The standard InChI is InChI=1S/C10H9FN2S/c11-9-5-8(3-1-2-4-14)7-13-10(9)6-12/h1,3,5,7,14H,2,4H2. The summed E-state index contributed by atoms with van der Waals surface area (Å²) >= 11 is 4.03. The molecule has 2 nitrogen and oxygen atoms in total. The number of halogens is 1.